The van der Waals surface area contributed by atoms with Gasteiger partial charge in [0.15, 0.2) is 5.78 Å². The summed E-state index contributed by atoms with van der Waals surface area (Å²) in [6, 6.07) is 0. The maximum absolute atomic E-state index is 13.6. The van der Waals surface area contributed by atoms with Gasteiger partial charge in [0, 0.05) is 64.8 Å². The van der Waals surface area contributed by atoms with Crippen molar-refractivity contribution in [2.75, 3.05) is 113 Å². The maximum Gasteiger partial charge on any atom is 0.244 e. The van der Waals surface area contributed by atoms with E-state index in [4.69, 9.17) is 33.2 Å². The first-order valence-corrected chi connectivity index (χ1v) is 30.0. The number of hydrogen-bond acceptors (Lipinski definition) is 11. The third kappa shape index (κ3) is 35.7. The van der Waals surface area contributed by atoms with E-state index in [-0.39, 0.29) is 47.2 Å². The minimum Gasteiger partial charge on any atom is -0.382 e. The maximum atomic E-state index is 13.6. The average Bonchev–Trinajstić information content (AvgIpc) is 3.45. The fraction of sp³-hybridized carbons (Fsp3) is 0.642. The van der Waals surface area contributed by atoms with Gasteiger partial charge < -0.3 is 49.1 Å². The van der Waals surface area contributed by atoms with Crippen LogP contribution < -0.4 is 16.0 Å². The molecule has 81 heavy (non-hydrogen) atoms. The molecule has 0 unspecified atom stereocenters. The van der Waals surface area contributed by atoms with E-state index in [1.807, 2.05) is 44.2 Å². The third-order valence-electron chi connectivity index (χ3n) is 14.3. The van der Waals surface area contributed by atoms with Crippen molar-refractivity contribution in [2.24, 2.45) is 16.7 Å². The Bertz CT molecular complexity index is 2190. The van der Waals surface area contributed by atoms with E-state index < -0.39 is 5.92 Å². The molecule has 0 bridgehead atoms. The summed E-state index contributed by atoms with van der Waals surface area (Å²) in [6.45, 7) is 29.1. The van der Waals surface area contributed by atoms with Gasteiger partial charge in [-0.15, -0.1) is 0 Å². The Hall–Kier alpha value is -4.80. The van der Waals surface area contributed by atoms with Crippen LogP contribution in [-0.4, -0.2) is 136 Å². The van der Waals surface area contributed by atoms with Crippen molar-refractivity contribution < 1.29 is 52.3 Å². The van der Waals surface area contributed by atoms with Crippen LogP contribution >= 0.6 is 0 Å². The molecule has 1 atom stereocenters. The zero-order valence-electron chi connectivity index (χ0n) is 52.0. The number of rotatable bonds is 44. The van der Waals surface area contributed by atoms with E-state index in [9.17, 15) is 19.2 Å². The van der Waals surface area contributed by atoms with Gasteiger partial charge in [-0.05, 0) is 145 Å². The van der Waals surface area contributed by atoms with Gasteiger partial charge >= 0.3 is 0 Å². The highest BCUT2D eigenvalue weighted by atomic mass is 16.6. The highest BCUT2D eigenvalue weighted by Crippen LogP contribution is 2.42. The van der Waals surface area contributed by atoms with Crippen LogP contribution in [0.1, 0.15) is 153 Å². The molecule has 0 aromatic carbocycles. The predicted octanol–water partition coefficient (Wildman–Crippen LogP) is 12.1. The SMILES string of the molecule is COCCOCCOCCOCCC(=O)NCCCOCCOCCOCCCNC(=O)[C@@H](CCCCNC(=O)/C=C(C)/C=C/C=C(C)/C=C/C1=C(C)CCCC1(C)C)CC(=O)/C=C(C)/C=C/C=C(C)/C=C/C1=C(C)CCCC1(C)C. The van der Waals surface area contributed by atoms with Crippen molar-refractivity contribution in [2.45, 2.75) is 153 Å². The molecule has 0 aromatic heterocycles. The lowest BCUT2D eigenvalue weighted by atomic mass is 9.72. The second-order valence-corrected chi connectivity index (χ2v) is 22.8. The predicted molar refractivity (Wildman–Crippen MR) is 329 cm³/mol. The quantitative estimate of drug-likeness (QED) is 0.0302. The molecule has 0 radical (unpaired) electrons. The number of nitrogens with one attached hydrogen (secondary N) is 3. The van der Waals surface area contributed by atoms with E-state index in [0.29, 0.717) is 138 Å². The second kappa shape index (κ2) is 43.8. The average molecular weight is 1130 g/mol. The summed E-state index contributed by atoms with van der Waals surface area (Å²) in [5.74, 6) is -1.00. The molecule has 3 N–H and O–H groups in total. The zero-order chi connectivity index (χ0) is 59.6. The lowest BCUT2D eigenvalue weighted by Gasteiger charge is -2.33. The number of carbonyl (C=O) groups is 4. The number of methoxy groups -OCH3 is 1. The Morgan fingerprint density at radius 2 is 0.963 bits per heavy atom. The molecule has 14 heteroatoms. The third-order valence-corrected chi connectivity index (χ3v) is 14.3. The van der Waals surface area contributed by atoms with Crippen LogP contribution in [0.3, 0.4) is 0 Å². The molecule has 14 nitrogen and oxygen atoms in total. The zero-order valence-corrected chi connectivity index (χ0v) is 52.0. The normalized spacial score (nSPS) is 16.9. The van der Waals surface area contributed by atoms with Gasteiger partial charge in [-0.3, -0.25) is 19.2 Å². The number of carbonyl (C=O) groups excluding carboxylic acids is 4. The minimum absolute atomic E-state index is 0.0650. The van der Waals surface area contributed by atoms with Gasteiger partial charge in [-0.25, -0.2) is 0 Å². The van der Waals surface area contributed by atoms with Crippen LogP contribution in [0.4, 0.5) is 0 Å². The largest absolute Gasteiger partial charge is 0.382 e. The van der Waals surface area contributed by atoms with Crippen LogP contribution in [0.5, 0.6) is 0 Å². The van der Waals surface area contributed by atoms with Crippen LogP contribution in [0.2, 0.25) is 0 Å². The van der Waals surface area contributed by atoms with E-state index in [2.05, 4.69) is 102 Å². The molecule has 0 spiro atoms. The van der Waals surface area contributed by atoms with Gasteiger partial charge in [-0.2, -0.15) is 0 Å². The van der Waals surface area contributed by atoms with E-state index in [0.717, 1.165) is 35.1 Å². The van der Waals surface area contributed by atoms with Crippen LogP contribution in [0, 0.1) is 16.7 Å². The van der Waals surface area contributed by atoms with Crippen molar-refractivity contribution in [3.63, 3.8) is 0 Å². The summed E-state index contributed by atoms with van der Waals surface area (Å²) in [5.41, 5.74) is 10.1. The molecule has 0 fully saturated rings. The number of hydrogen-bond donors (Lipinski definition) is 3. The van der Waals surface area contributed by atoms with Crippen molar-refractivity contribution in [3.8, 4) is 0 Å². The number of allylic oxidation sites excluding steroid dienone is 19. The summed E-state index contributed by atoms with van der Waals surface area (Å²) in [6.07, 6.45) is 34.7. The van der Waals surface area contributed by atoms with Gasteiger partial charge in [0.25, 0.3) is 0 Å². The van der Waals surface area contributed by atoms with Gasteiger partial charge in [-0.1, -0.05) is 117 Å². The Balaban J connectivity index is 1.76. The van der Waals surface area contributed by atoms with Crippen molar-refractivity contribution in [3.05, 3.63) is 117 Å². The van der Waals surface area contributed by atoms with Gasteiger partial charge in [0.05, 0.1) is 72.7 Å². The minimum atomic E-state index is -0.510. The van der Waals surface area contributed by atoms with Crippen molar-refractivity contribution in [1.82, 2.24) is 16.0 Å². The van der Waals surface area contributed by atoms with E-state index in [1.54, 1.807) is 19.3 Å². The highest BCUT2D eigenvalue weighted by molar-refractivity contribution is 5.94. The fourth-order valence-electron chi connectivity index (χ4n) is 9.64. The molecule has 0 heterocycles. The Morgan fingerprint density at radius 1 is 0.519 bits per heavy atom. The molecule has 0 saturated heterocycles. The molecule has 456 valence electrons. The first-order chi connectivity index (χ1) is 38.8. The fourth-order valence-corrected chi connectivity index (χ4v) is 9.64. The van der Waals surface area contributed by atoms with Crippen molar-refractivity contribution in [1.29, 1.82) is 0 Å². The molecule has 2 aliphatic carbocycles. The lowest BCUT2D eigenvalue weighted by molar-refractivity contribution is -0.128. The first-order valence-electron chi connectivity index (χ1n) is 30.0. The van der Waals surface area contributed by atoms with E-state index in [1.165, 1.54) is 48.0 Å². The molecule has 0 saturated carbocycles. The molecule has 0 aliphatic heterocycles. The summed E-state index contributed by atoms with van der Waals surface area (Å²) in [7, 11) is 1.63. The number of ketones is 1. The molecule has 0 aromatic rings. The summed E-state index contributed by atoms with van der Waals surface area (Å²) in [4.78, 5) is 51.8. The topological polar surface area (TPSA) is 169 Å². The van der Waals surface area contributed by atoms with Crippen LogP contribution in [-0.2, 0) is 52.3 Å². The van der Waals surface area contributed by atoms with Crippen LogP contribution in [0.25, 0.3) is 0 Å². The highest BCUT2D eigenvalue weighted by Gasteiger charge is 2.27. The Morgan fingerprint density at radius 3 is 1.46 bits per heavy atom. The van der Waals surface area contributed by atoms with Crippen molar-refractivity contribution >= 4 is 23.5 Å². The Labute approximate surface area is 489 Å². The molecule has 2 aliphatic rings. The number of unbranched alkanes of at least 4 members (excludes halogenated alkanes) is 1. The summed E-state index contributed by atoms with van der Waals surface area (Å²) < 4.78 is 38.1. The second-order valence-electron chi connectivity index (χ2n) is 22.8. The number of ether oxygens (including phenoxy) is 7. The molecule has 3 amide bonds. The smallest absolute Gasteiger partial charge is 0.244 e. The summed E-state index contributed by atoms with van der Waals surface area (Å²) >= 11 is 0. The lowest BCUT2D eigenvalue weighted by Crippen LogP contribution is -2.33. The molecular formula is C67H107N3O11. The van der Waals surface area contributed by atoms with Gasteiger partial charge in [0.1, 0.15) is 0 Å². The Kier molecular flexibility index (Phi) is 39.1. The van der Waals surface area contributed by atoms with E-state index >= 15 is 0 Å². The number of amides is 3. The van der Waals surface area contributed by atoms with Gasteiger partial charge in [0.2, 0.25) is 17.7 Å². The first kappa shape index (κ1) is 72.3. The summed E-state index contributed by atoms with van der Waals surface area (Å²) in [5, 5.41) is 8.88. The van der Waals surface area contributed by atoms with Crippen LogP contribution in [0.15, 0.2) is 117 Å². The molecule has 2 rings (SSSR count). The molecular weight excluding hydrogens is 1020 g/mol. The standard InChI is InChI=1S/C67H107N3O11/c1-53(27-29-61-57(5)24-16-32-66(61,7)8)20-14-22-55(3)50-60(71)52-59(26-12-13-34-69-64(73)51-56(4)23-15-21-54(2)28-30-62-58(6)25-17-33-67(62,9)10)65(74)70-36-19-38-77-43-46-80-45-42-76-37-18-35-68-63(72)31-39-78-44-47-81-49-48-79-41-40-75-11/h14-15,20-23,27-30,50-51,59H,12-13,16-19,24-26,31-49,52H2,1-11H3,(H,68,72)(H,69,73)(H,70,74)/b22-14+,23-15+,29-27+,30-28+,53-20+,54-21+,55-50+,56-51+/t59-/m0/s1. The monoisotopic (exact) mass is 1130 g/mol.